The number of cyclic esters (lactones) is 1. The van der Waals surface area contributed by atoms with E-state index in [0.29, 0.717) is 6.42 Å². The van der Waals surface area contributed by atoms with Gasteiger partial charge in [-0.25, -0.2) is 0 Å². The Morgan fingerprint density at radius 2 is 2.36 bits per heavy atom. The minimum Gasteiger partial charge on any atom is -0.462 e. The van der Waals surface area contributed by atoms with Crippen LogP contribution in [0.2, 0.25) is 0 Å². The van der Waals surface area contributed by atoms with E-state index in [1.807, 2.05) is 0 Å². The van der Waals surface area contributed by atoms with Gasteiger partial charge in [-0.05, 0) is 25.7 Å². The molecule has 3 heteroatoms. The molecule has 64 valence electrons. The van der Waals surface area contributed by atoms with E-state index < -0.39 is 0 Å². The van der Waals surface area contributed by atoms with Gasteiger partial charge in [0, 0.05) is 13.0 Å². The molecule has 1 fully saturated rings. The first-order valence-electron chi connectivity index (χ1n) is 4.13. The molecular formula is C8H14O3. The highest BCUT2D eigenvalue weighted by atomic mass is 16.5. The molecule has 1 N–H and O–H groups in total. The smallest absolute Gasteiger partial charge is 0.306 e. The van der Waals surface area contributed by atoms with Crippen LogP contribution in [-0.4, -0.2) is 23.8 Å². The molecule has 0 amide bonds. The van der Waals surface area contributed by atoms with Crippen molar-refractivity contribution in [1.82, 2.24) is 0 Å². The SMILES string of the molecule is O=C1CCC(CCCCO)O1. The third-order valence-corrected chi connectivity index (χ3v) is 1.90. The zero-order chi connectivity index (χ0) is 8.10. The molecule has 0 aromatic rings. The summed E-state index contributed by atoms with van der Waals surface area (Å²) in [4.78, 5) is 10.6. The number of carbonyl (C=O) groups is 1. The third kappa shape index (κ3) is 2.89. The van der Waals surface area contributed by atoms with Crippen molar-refractivity contribution >= 4 is 5.97 Å². The zero-order valence-electron chi connectivity index (χ0n) is 6.58. The summed E-state index contributed by atoms with van der Waals surface area (Å²) in [5.41, 5.74) is 0. The van der Waals surface area contributed by atoms with Gasteiger partial charge >= 0.3 is 5.97 Å². The van der Waals surface area contributed by atoms with Crippen molar-refractivity contribution in [2.45, 2.75) is 38.2 Å². The van der Waals surface area contributed by atoms with Crippen LogP contribution in [0.1, 0.15) is 32.1 Å². The van der Waals surface area contributed by atoms with Crippen molar-refractivity contribution < 1.29 is 14.6 Å². The highest BCUT2D eigenvalue weighted by molar-refractivity contribution is 5.71. The minimum absolute atomic E-state index is 0.0704. The summed E-state index contributed by atoms with van der Waals surface area (Å²) in [5.74, 6) is -0.0704. The highest BCUT2D eigenvalue weighted by Gasteiger charge is 2.22. The fourth-order valence-corrected chi connectivity index (χ4v) is 1.27. The summed E-state index contributed by atoms with van der Waals surface area (Å²) in [6, 6.07) is 0. The van der Waals surface area contributed by atoms with E-state index in [1.165, 1.54) is 0 Å². The molecule has 1 atom stereocenters. The van der Waals surface area contributed by atoms with Crippen LogP contribution in [0.25, 0.3) is 0 Å². The molecule has 0 saturated carbocycles. The van der Waals surface area contributed by atoms with Crippen LogP contribution in [0.5, 0.6) is 0 Å². The Labute approximate surface area is 66.4 Å². The van der Waals surface area contributed by atoms with Crippen molar-refractivity contribution in [3.05, 3.63) is 0 Å². The number of hydrogen-bond donors (Lipinski definition) is 1. The van der Waals surface area contributed by atoms with Gasteiger partial charge < -0.3 is 9.84 Å². The molecule has 0 spiro atoms. The molecule has 0 aliphatic carbocycles. The van der Waals surface area contributed by atoms with Gasteiger partial charge in [0.05, 0.1) is 0 Å². The minimum atomic E-state index is -0.0704. The Kier molecular flexibility index (Phi) is 3.36. The molecule has 11 heavy (non-hydrogen) atoms. The maximum Gasteiger partial charge on any atom is 0.306 e. The van der Waals surface area contributed by atoms with E-state index in [2.05, 4.69) is 0 Å². The van der Waals surface area contributed by atoms with Crippen molar-refractivity contribution in [2.75, 3.05) is 6.61 Å². The van der Waals surface area contributed by atoms with E-state index in [0.717, 1.165) is 25.7 Å². The van der Waals surface area contributed by atoms with Crippen molar-refractivity contribution in [3.8, 4) is 0 Å². The Morgan fingerprint density at radius 3 is 2.91 bits per heavy atom. The number of carbonyl (C=O) groups excluding carboxylic acids is 1. The van der Waals surface area contributed by atoms with Crippen LogP contribution in [0, 0.1) is 0 Å². The lowest BCUT2D eigenvalue weighted by molar-refractivity contribution is -0.141. The van der Waals surface area contributed by atoms with Gasteiger partial charge in [-0.15, -0.1) is 0 Å². The van der Waals surface area contributed by atoms with Crippen LogP contribution >= 0.6 is 0 Å². The van der Waals surface area contributed by atoms with Crippen LogP contribution in [0.4, 0.5) is 0 Å². The largest absolute Gasteiger partial charge is 0.462 e. The topological polar surface area (TPSA) is 46.5 Å². The van der Waals surface area contributed by atoms with Gasteiger partial charge in [-0.3, -0.25) is 4.79 Å². The van der Waals surface area contributed by atoms with Crippen molar-refractivity contribution in [3.63, 3.8) is 0 Å². The van der Waals surface area contributed by atoms with Gasteiger partial charge in [0.2, 0.25) is 0 Å². The Morgan fingerprint density at radius 1 is 1.55 bits per heavy atom. The molecule has 1 rings (SSSR count). The number of aliphatic hydroxyl groups excluding tert-OH is 1. The predicted octanol–water partition coefficient (Wildman–Crippen LogP) is 0.855. The van der Waals surface area contributed by atoms with Crippen LogP contribution in [-0.2, 0) is 9.53 Å². The first-order chi connectivity index (χ1) is 5.33. The molecular weight excluding hydrogens is 144 g/mol. The maximum absolute atomic E-state index is 10.6. The molecule has 1 unspecified atom stereocenters. The number of unbranched alkanes of at least 4 members (excludes halogenated alkanes) is 1. The Hall–Kier alpha value is -0.570. The summed E-state index contributed by atoms with van der Waals surface area (Å²) in [5, 5.41) is 8.48. The average molecular weight is 158 g/mol. The summed E-state index contributed by atoms with van der Waals surface area (Å²) in [6.45, 7) is 0.237. The van der Waals surface area contributed by atoms with E-state index in [9.17, 15) is 4.79 Å². The van der Waals surface area contributed by atoms with E-state index in [-0.39, 0.29) is 18.7 Å². The Bertz CT molecular complexity index is 133. The van der Waals surface area contributed by atoms with Gasteiger partial charge in [0.15, 0.2) is 0 Å². The number of ether oxygens (including phenoxy) is 1. The second-order valence-corrected chi connectivity index (χ2v) is 2.87. The number of esters is 1. The molecule has 1 aliphatic heterocycles. The summed E-state index contributed by atoms with van der Waals surface area (Å²) >= 11 is 0. The molecule has 0 aromatic carbocycles. The van der Waals surface area contributed by atoms with Crippen molar-refractivity contribution in [1.29, 1.82) is 0 Å². The molecule has 3 nitrogen and oxygen atoms in total. The molecule has 0 aromatic heterocycles. The average Bonchev–Trinajstić information content (AvgIpc) is 2.37. The van der Waals surface area contributed by atoms with Crippen LogP contribution in [0.15, 0.2) is 0 Å². The van der Waals surface area contributed by atoms with Crippen LogP contribution < -0.4 is 0 Å². The summed E-state index contributed by atoms with van der Waals surface area (Å²) in [6.07, 6.45) is 4.25. The lowest BCUT2D eigenvalue weighted by atomic mass is 10.1. The second-order valence-electron chi connectivity index (χ2n) is 2.87. The third-order valence-electron chi connectivity index (χ3n) is 1.90. The molecule has 1 heterocycles. The summed E-state index contributed by atoms with van der Waals surface area (Å²) < 4.78 is 4.99. The monoisotopic (exact) mass is 158 g/mol. The number of aliphatic hydroxyl groups is 1. The van der Waals surface area contributed by atoms with E-state index in [4.69, 9.17) is 9.84 Å². The first kappa shape index (κ1) is 8.53. The van der Waals surface area contributed by atoms with Gasteiger partial charge in [-0.2, -0.15) is 0 Å². The van der Waals surface area contributed by atoms with Gasteiger partial charge in [-0.1, -0.05) is 0 Å². The fourth-order valence-electron chi connectivity index (χ4n) is 1.27. The fraction of sp³-hybridized carbons (Fsp3) is 0.875. The standard InChI is InChI=1S/C8H14O3/c9-6-2-1-3-7-4-5-8(10)11-7/h7,9H,1-6H2. The normalized spacial score (nSPS) is 23.7. The quantitative estimate of drug-likeness (QED) is 0.487. The first-order valence-corrected chi connectivity index (χ1v) is 4.13. The molecule has 0 radical (unpaired) electrons. The lowest BCUT2D eigenvalue weighted by Gasteiger charge is -2.06. The Balaban J connectivity index is 2.04. The summed E-state index contributed by atoms with van der Waals surface area (Å²) in [7, 11) is 0. The molecule has 1 saturated heterocycles. The van der Waals surface area contributed by atoms with Gasteiger partial charge in [0.1, 0.15) is 6.10 Å². The van der Waals surface area contributed by atoms with E-state index >= 15 is 0 Å². The van der Waals surface area contributed by atoms with Gasteiger partial charge in [0.25, 0.3) is 0 Å². The predicted molar refractivity (Wildman–Crippen MR) is 40.1 cm³/mol. The van der Waals surface area contributed by atoms with Crippen molar-refractivity contribution in [2.24, 2.45) is 0 Å². The highest BCUT2D eigenvalue weighted by Crippen LogP contribution is 2.18. The second kappa shape index (κ2) is 4.34. The van der Waals surface area contributed by atoms with Crippen LogP contribution in [0.3, 0.4) is 0 Å². The number of rotatable bonds is 4. The molecule has 1 aliphatic rings. The lowest BCUT2D eigenvalue weighted by Crippen LogP contribution is -2.06. The zero-order valence-corrected chi connectivity index (χ0v) is 6.58. The van der Waals surface area contributed by atoms with E-state index in [1.54, 1.807) is 0 Å². The number of hydrogen-bond acceptors (Lipinski definition) is 3. The maximum atomic E-state index is 10.6. The molecule has 0 bridgehead atoms.